The van der Waals surface area contributed by atoms with Gasteiger partial charge in [0.1, 0.15) is 5.54 Å². The molecule has 110 valence electrons. The van der Waals surface area contributed by atoms with Crippen LogP contribution in [0.5, 0.6) is 0 Å². The molecule has 1 saturated carbocycles. The third kappa shape index (κ3) is 1.82. The summed E-state index contributed by atoms with van der Waals surface area (Å²) in [4.78, 5) is 14.6. The smallest absolute Gasteiger partial charge is 0.244 e. The normalized spacial score (nSPS) is 35.9. The molecule has 0 aromatic carbocycles. The third-order valence-electron chi connectivity index (χ3n) is 5.03. The SMILES string of the molecule is CC(C)N(CCO)C(=O)C1(N)C2CCOC2C1(C)C. The second kappa shape index (κ2) is 4.72. The van der Waals surface area contributed by atoms with Crippen LogP contribution in [0.15, 0.2) is 0 Å². The summed E-state index contributed by atoms with van der Waals surface area (Å²) in [6.07, 6.45) is 0.936. The maximum Gasteiger partial charge on any atom is 0.244 e. The van der Waals surface area contributed by atoms with E-state index in [1.807, 2.05) is 27.7 Å². The number of carbonyl (C=O) groups excluding carboxylic acids is 1. The van der Waals surface area contributed by atoms with E-state index in [1.54, 1.807) is 4.90 Å². The minimum absolute atomic E-state index is 0.0367. The molecule has 3 atom stereocenters. The van der Waals surface area contributed by atoms with Crippen molar-refractivity contribution in [3.8, 4) is 0 Å². The molecule has 0 radical (unpaired) electrons. The van der Waals surface area contributed by atoms with Crippen LogP contribution in [-0.4, -0.2) is 53.4 Å². The molecule has 0 spiro atoms. The molecule has 0 aromatic heterocycles. The Morgan fingerprint density at radius 2 is 2.16 bits per heavy atom. The summed E-state index contributed by atoms with van der Waals surface area (Å²) in [7, 11) is 0. The number of hydrogen-bond donors (Lipinski definition) is 2. The van der Waals surface area contributed by atoms with Crippen molar-refractivity contribution in [3.05, 3.63) is 0 Å². The molecule has 1 amide bonds. The Morgan fingerprint density at radius 1 is 1.53 bits per heavy atom. The molecule has 2 aliphatic rings. The number of aliphatic hydroxyl groups excluding tert-OH is 1. The quantitative estimate of drug-likeness (QED) is 0.773. The van der Waals surface area contributed by atoms with E-state index in [0.717, 1.165) is 6.42 Å². The Hall–Kier alpha value is -0.650. The summed E-state index contributed by atoms with van der Waals surface area (Å²) in [5.41, 5.74) is 5.30. The molecule has 3 unspecified atom stereocenters. The fourth-order valence-electron chi connectivity index (χ4n) is 3.76. The van der Waals surface area contributed by atoms with Crippen LogP contribution in [0, 0.1) is 11.3 Å². The largest absolute Gasteiger partial charge is 0.395 e. The van der Waals surface area contributed by atoms with Crippen molar-refractivity contribution in [3.63, 3.8) is 0 Å². The Bertz CT molecular complexity index is 370. The standard InChI is InChI=1S/C14H26N2O3/c1-9(2)16(6-7-17)12(18)14(15)10-5-8-19-11(10)13(14,3)4/h9-11,17H,5-8,15H2,1-4H3. The lowest BCUT2D eigenvalue weighted by Gasteiger charge is -2.62. The molecule has 1 aliphatic heterocycles. The van der Waals surface area contributed by atoms with Crippen LogP contribution in [0.4, 0.5) is 0 Å². The number of nitrogens with zero attached hydrogens (tertiary/aromatic N) is 1. The van der Waals surface area contributed by atoms with Crippen molar-refractivity contribution in [2.45, 2.75) is 51.8 Å². The molecule has 1 aliphatic carbocycles. The van der Waals surface area contributed by atoms with Gasteiger partial charge in [0, 0.05) is 30.5 Å². The molecule has 0 aromatic rings. The summed E-state index contributed by atoms with van der Waals surface area (Å²) in [5.74, 6) is 0.0586. The summed E-state index contributed by atoms with van der Waals surface area (Å²) >= 11 is 0. The van der Waals surface area contributed by atoms with Crippen LogP contribution < -0.4 is 5.73 Å². The first kappa shape index (κ1) is 14.8. The predicted octanol–water partition coefficient (Wildman–Crippen LogP) is 0.358. The number of carbonyl (C=O) groups is 1. The molecule has 3 N–H and O–H groups in total. The van der Waals surface area contributed by atoms with Crippen molar-refractivity contribution in [2.24, 2.45) is 17.1 Å². The van der Waals surface area contributed by atoms with Crippen molar-refractivity contribution in [1.82, 2.24) is 4.90 Å². The fraction of sp³-hybridized carbons (Fsp3) is 0.929. The van der Waals surface area contributed by atoms with Crippen LogP contribution in [0.1, 0.15) is 34.1 Å². The van der Waals surface area contributed by atoms with E-state index in [-0.39, 0.29) is 36.0 Å². The molecule has 5 nitrogen and oxygen atoms in total. The van der Waals surface area contributed by atoms with Crippen molar-refractivity contribution < 1.29 is 14.6 Å². The third-order valence-corrected chi connectivity index (χ3v) is 5.03. The van der Waals surface area contributed by atoms with Gasteiger partial charge in [0.15, 0.2) is 0 Å². The average molecular weight is 270 g/mol. The highest BCUT2D eigenvalue weighted by Crippen LogP contribution is 2.58. The van der Waals surface area contributed by atoms with E-state index < -0.39 is 5.54 Å². The van der Waals surface area contributed by atoms with Gasteiger partial charge in [-0.2, -0.15) is 0 Å². The Balaban J connectivity index is 2.26. The van der Waals surface area contributed by atoms with E-state index in [1.165, 1.54) is 0 Å². The maximum atomic E-state index is 12.9. The van der Waals surface area contributed by atoms with Crippen molar-refractivity contribution in [1.29, 1.82) is 0 Å². The van der Waals surface area contributed by atoms with Gasteiger partial charge in [-0.3, -0.25) is 4.79 Å². The molecule has 2 fully saturated rings. The first-order valence-corrected chi connectivity index (χ1v) is 7.11. The number of fused-ring (bicyclic) bond motifs is 1. The Morgan fingerprint density at radius 3 is 2.68 bits per heavy atom. The monoisotopic (exact) mass is 270 g/mol. The van der Waals surface area contributed by atoms with Gasteiger partial charge in [0.05, 0.1) is 12.7 Å². The molecular formula is C14H26N2O3. The lowest BCUT2D eigenvalue weighted by atomic mass is 9.47. The molecular weight excluding hydrogens is 244 g/mol. The highest BCUT2D eigenvalue weighted by atomic mass is 16.5. The van der Waals surface area contributed by atoms with Crippen molar-refractivity contribution in [2.75, 3.05) is 19.8 Å². The Labute approximate surface area is 115 Å². The molecule has 5 heteroatoms. The number of rotatable bonds is 4. The highest BCUT2D eigenvalue weighted by molar-refractivity contribution is 5.90. The van der Waals surface area contributed by atoms with E-state index in [0.29, 0.717) is 13.2 Å². The number of ether oxygens (including phenoxy) is 1. The van der Waals surface area contributed by atoms with E-state index in [9.17, 15) is 4.79 Å². The zero-order valence-electron chi connectivity index (χ0n) is 12.3. The first-order valence-electron chi connectivity index (χ1n) is 7.11. The lowest BCUT2D eigenvalue weighted by Crippen LogP contribution is -2.80. The predicted molar refractivity (Wildman–Crippen MR) is 72.5 cm³/mol. The van der Waals surface area contributed by atoms with Gasteiger partial charge < -0.3 is 20.5 Å². The average Bonchev–Trinajstić information content (AvgIpc) is 2.81. The molecule has 19 heavy (non-hydrogen) atoms. The van der Waals surface area contributed by atoms with E-state index in [2.05, 4.69) is 0 Å². The summed E-state index contributed by atoms with van der Waals surface area (Å²) in [6, 6.07) is 0.0391. The highest BCUT2D eigenvalue weighted by Gasteiger charge is 2.71. The van der Waals surface area contributed by atoms with Gasteiger partial charge in [-0.05, 0) is 20.3 Å². The Kier molecular flexibility index (Phi) is 3.66. The molecule has 1 saturated heterocycles. The molecule has 2 rings (SSSR count). The van der Waals surface area contributed by atoms with E-state index >= 15 is 0 Å². The number of hydrogen-bond acceptors (Lipinski definition) is 4. The lowest BCUT2D eigenvalue weighted by molar-refractivity contribution is -0.186. The van der Waals surface area contributed by atoms with Gasteiger partial charge >= 0.3 is 0 Å². The summed E-state index contributed by atoms with van der Waals surface area (Å²) in [6.45, 7) is 8.90. The number of aliphatic hydroxyl groups is 1. The molecule has 1 heterocycles. The minimum Gasteiger partial charge on any atom is -0.395 e. The molecule has 0 bridgehead atoms. The van der Waals surface area contributed by atoms with Crippen LogP contribution in [0.2, 0.25) is 0 Å². The first-order chi connectivity index (χ1) is 8.78. The van der Waals surface area contributed by atoms with Crippen LogP contribution in [0.3, 0.4) is 0 Å². The zero-order chi connectivity index (χ0) is 14.4. The topological polar surface area (TPSA) is 75.8 Å². The fourth-order valence-corrected chi connectivity index (χ4v) is 3.76. The second-order valence-electron chi connectivity index (χ2n) is 6.59. The van der Waals surface area contributed by atoms with Crippen molar-refractivity contribution >= 4 is 5.91 Å². The minimum atomic E-state index is -0.867. The number of nitrogens with two attached hydrogens (primary N) is 1. The summed E-state index contributed by atoms with van der Waals surface area (Å²) in [5, 5.41) is 9.15. The van der Waals surface area contributed by atoms with Crippen LogP contribution >= 0.6 is 0 Å². The number of amides is 1. The van der Waals surface area contributed by atoms with Crippen LogP contribution in [-0.2, 0) is 9.53 Å². The van der Waals surface area contributed by atoms with Gasteiger partial charge in [-0.25, -0.2) is 0 Å². The van der Waals surface area contributed by atoms with Gasteiger partial charge in [-0.15, -0.1) is 0 Å². The van der Waals surface area contributed by atoms with Gasteiger partial charge in [0.25, 0.3) is 0 Å². The second-order valence-corrected chi connectivity index (χ2v) is 6.59. The van der Waals surface area contributed by atoms with Gasteiger partial charge in [-0.1, -0.05) is 13.8 Å². The summed E-state index contributed by atoms with van der Waals surface area (Å²) < 4.78 is 5.71. The maximum absolute atomic E-state index is 12.9. The zero-order valence-corrected chi connectivity index (χ0v) is 12.3. The van der Waals surface area contributed by atoms with E-state index in [4.69, 9.17) is 15.6 Å². The van der Waals surface area contributed by atoms with Gasteiger partial charge in [0.2, 0.25) is 5.91 Å². The van der Waals surface area contributed by atoms with Crippen LogP contribution in [0.25, 0.3) is 0 Å².